The first-order chi connectivity index (χ1) is 11.6. The van der Waals surface area contributed by atoms with Crippen LogP contribution >= 0.6 is 0 Å². The van der Waals surface area contributed by atoms with Crippen LogP contribution in [0.15, 0.2) is 54.7 Å². The molecular formula is C19H15N3O2. The third-order valence-corrected chi connectivity index (χ3v) is 3.55. The van der Waals surface area contributed by atoms with Crippen LogP contribution in [0.3, 0.4) is 0 Å². The Labute approximate surface area is 138 Å². The molecule has 3 rings (SSSR count). The molecule has 2 amide bonds. The van der Waals surface area contributed by atoms with Crippen LogP contribution in [-0.4, -0.2) is 23.3 Å². The zero-order valence-electron chi connectivity index (χ0n) is 12.8. The molecule has 5 heteroatoms. The summed E-state index contributed by atoms with van der Waals surface area (Å²) in [6.45, 7) is 0.238. The van der Waals surface area contributed by atoms with Gasteiger partial charge in [-0.1, -0.05) is 11.8 Å². The zero-order valence-corrected chi connectivity index (χ0v) is 12.8. The van der Waals surface area contributed by atoms with Crippen molar-refractivity contribution in [3.05, 3.63) is 71.4 Å². The highest BCUT2D eigenvalue weighted by atomic mass is 16.2. The molecular weight excluding hydrogens is 302 g/mol. The van der Waals surface area contributed by atoms with Crippen LogP contribution in [-0.2, 0) is 0 Å². The number of benzene rings is 2. The molecule has 1 aromatic heterocycles. The molecule has 0 spiro atoms. The summed E-state index contributed by atoms with van der Waals surface area (Å²) in [4.78, 5) is 26.2. The van der Waals surface area contributed by atoms with Gasteiger partial charge in [-0.3, -0.25) is 9.59 Å². The summed E-state index contributed by atoms with van der Waals surface area (Å²) in [5.74, 6) is 5.16. The maximum absolute atomic E-state index is 12.1. The van der Waals surface area contributed by atoms with Crippen LogP contribution in [0.4, 0.5) is 0 Å². The average molecular weight is 317 g/mol. The largest absolute Gasteiger partial charge is 0.366 e. The van der Waals surface area contributed by atoms with E-state index in [0.29, 0.717) is 11.1 Å². The van der Waals surface area contributed by atoms with E-state index in [9.17, 15) is 9.59 Å². The van der Waals surface area contributed by atoms with Crippen molar-refractivity contribution in [3.63, 3.8) is 0 Å². The van der Waals surface area contributed by atoms with Crippen molar-refractivity contribution in [3.8, 4) is 11.8 Å². The highest BCUT2D eigenvalue weighted by molar-refractivity contribution is 5.98. The molecule has 0 bridgehead atoms. The fourth-order valence-electron chi connectivity index (χ4n) is 2.29. The Bertz CT molecular complexity index is 959. The van der Waals surface area contributed by atoms with Crippen molar-refractivity contribution < 1.29 is 9.59 Å². The van der Waals surface area contributed by atoms with E-state index < -0.39 is 5.91 Å². The molecule has 0 unspecified atom stereocenters. The Morgan fingerprint density at radius 2 is 1.79 bits per heavy atom. The molecule has 5 nitrogen and oxygen atoms in total. The van der Waals surface area contributed by atoms with E-state index in [1.807, 2.05) is 24.4 Å². The number of nitrogens with two attached hydrogens (primary N) is 1. The molecule has 0 fully saturated rings. The Balaban J connectivity index is 1.59. The summed E-state index contributed by atoms with van der Waals surface area (Å²) in [7, 11) is 0. The predicted octanol–water partition coefficient (Wildman–Crippen LogP) is 2.05. The number of aromatic amines is 1. The first kappa shape index (κ1) is 15.4. The van der Waals surface area contributed by atoms with E-state index in [2.05, 4.69) is 22.1 Å². The molecule has 0 saturated heterocycles. The molecule has 0 saturated carbocycles. The number of H-pyrrole nitrogens is 1. The third-order valence-electron chi connectivity index (χ3n) is 3.55. The number of aromatic nitrogens is 1. The minimum atomic E-state index is -0.471. The van der Waals surface area contributed by atoms with E-state index in [-0.39, 0.29) is 12.5 Å². The molecule has 0 atom stereocenters. The second kappa shape index (κ2) is 6.71. The fourth-order valence-corrected chi connectivity index (χ4v) is 2.29. The quantitative estimate of drug-likeness (QED) is 0.646. The topological polar surface area (TPSA) is 88.0 Å². The number of rotatable bonds is 3. The Kier molecular flexibility index (Phi) is 4.30. The number of fused-ring (bicyclic) bond motifs is 1. The molecule has 0 radical (unpaired) electrons. The minimum Gasteiger partial charge on any atom is -0.366 e. The van der Waals surface area contributed by atoms with Gasteiger partial charge in [0.1, 0.15) is 0 Å². The number of nitrogens with one attached hydrogen (secondary N) is 2. The van der Waals surface area contributed by atoms with Gasteiger partial charge in [0.05, 0.1) is 6.54 Å². The molecule has 118 valence electrons. The lowest BCUT2D eigenvalue weighted by Crippen LogP contribution is -2.23. The van der Waals surface area contributed by atoms with Gasteiger partial charge in [-0.15, -0.1) is 0 Å². The van der Waals surface area contributed by atoms with Crippen LogP contribution in [0.25, 0.3) is 10.9 Å². The van der Waals surface area contributed by atoms with Gasteiger partial charge in [0.25, 0.3) is 5.91 Å². The standard InChI is InChI=1S/C19H15N3O2/c20-18(23)14-5-3-13(4-6-14)2-1-10-22-19(24)16-7-8-17-15(12-16)9-11-21-17/h3-9,11-12,21H,10H2,(H2,20,23)(H,22,24). The normalized spacial score (nSPS) is 10.0. The SMILES string of the molecule is NC(=O)c1ccc(C#CCNC(=O)c2ccc3[nH]ccc3c2)cc1. The van der Waals surface area contributed by atoms with Gasteiger partial charge < -0.3 is 16.0 Å². The van der Waals surface area contributed by atoms with E-state index in [1.165, 1.54) is 0 Å². The Hall–Kier alpha value is -3.52. The number of amides is 2. The lowest BCUT2D eigenvalue weighted by Gasteiger charge is -2.01. The van der Waals surface area contributed by atoms with Gasteiger partial charge >= 0.3 is 0 Å². The first-order valence-corrected chi connectivity index (χ1v) is 7.37. The summed E-state index contributed by atoms with van der Waals surface area (Å²) in [6, 6.07) is 14.1. The molecule has 1 heterocycles. The van der Waals surface area contributed by atoms with Crippen LogP contribution < -0.4 is 11.1 Å². The minimum absolute atomic E-state index is 0.170. The fraction of sp³-hybridized carbons (Fsp3) is 0.0526. The summed E-state index contributed by atoms with van der Waals surface area (Å²) >= 11 is 0. The van der Waals surface area contributed by atoms with Gasteiger partial charge in [0, 0.05) is 33.8 Å². The van der Waals surface area contributed by atoms with Crippen molar-refractivity contribution in [1.29, 1.82) is 0 Å². The van der Waals surface area contributed by atoms with Crippen molar-refractivity contribution in [2.45, 2.75) is 0 Å². The maximum atomic E-state index is 12.1. The van der Waals surface area contributed by atoms with Crippen LogP contribution in [0.1, 0.15) is 26.3 Å². The second-order valence-corrected chi connectivity index (χ2v) is 5.21. The number of hydrogen-bond donors (Lipinski definition) is 3. The lowest BCUT2D eigenvalue weighted by atomic mass is 10.1. The van der Waals surface area contributed by atoms with E-state index in [0.717, 1.165) is 16.5 Å². The summed E-state index contributed by atoms with van der Waals surface area (Å²) in [6.07, 6.45) is 1.83. The molecule has 2 aromatic carbocycles. The number of carbonyl (C=O) groups is 2. The number of hydrogen-bond acceptors (Lipinski definition) is 2. The summed E-state index contributed by atoms with van der Waals surface area (Å²) in [5, 5.41) is 3.75. The van der Waals surface area contributed by atoms with Crippen molar-refractivity contribution in [2.24, 2.45) is 5.73 Å². The molecule has 24 heavy (non-hydrogen) atoms. The summed E-state index contributed by atoms with van der Waals surface area (Å²) < 4.78 is 0. The zero-order chi connectivity index (χ0) is 16.9. The molecule has 4 N–H and O–H groups in total. The van der Waals surface area contributed by atoms with Crippen LogP contribution in [0, 0.1) is 11.8 Å². The van der Waals surface area contributed by atoms with Crippen LogP contribution in [0.2, 0.25) is 0 Å². The van der Waals surface area contributed by atoms with E-state index >= 15 is 0 Å². The maximum Gasteiger partial charge on any atom is 0.252 e. The number of primary amides is 1. The van der Waals surface area contributed by atoms with E-state index in [1.54, 1.807) is 30.3 Å². The Morgan fingerprint density at radius 1 is 1.04 bits per heavy atom. The summed E-state index contributed by atoms with van der Waals surface area (Å²) in [5.41, 5.74) is 7.95. The predicted molar refractivity (Wildman–Crippen MR) is 92.5 cm³/mol. The van der Waals surface area contributed by atoms with Crippen molar-refractivity contribution >= 4 is 22.7 Å². The Morgan fingerprint density at radius 3 is 2.54 bits per heavy atom. The molecule has 0 aliphatic rings. The van der Waals surface area contributed by atoms with Gasteiger partial charge in [0.2, 0.25) is 5.91 Å². The van der Waals surface area contributed by atoms with Gasteiger partial charge in [-0.05, 0) is 48.5 Å². The highest BCUT2D eigenvalue weighted by Crippen LogP contribution is 2.14. The molecule has 0 aliphatic heterocycles. The highest BCUT2D eigenvalue weighted by Gasteiger charge is 2.05. The lowest BCUT2D eigenvalue weighted by molar-refractivity contribution is 0.0957. The third kappa shape index (κ3) is 3.45. The molecule has 3 aromatic rings. The average Bonchev–Trinajstić information content (AvgIpc) is 3.06. The van der Waals surface area contributed by atoms with Crippen molar-refractivity contribution in [2.75, 3.05) is 6.54 Å². The second-order valence-electron chi connectivity index (χ2n) is 5.21. The van der Waals surface area contributed by atoms with E-state index in [4.69, 9.17) is 5.73 Å². The smallest absolute Gasteiger partial charge is 0.252 e. The van der Waals surface area contributed by atoms with Gasteiger partial charge in [0.15, 0.2) is 0 Å². The van der Waals surface area contributed by atoms with Gasteiger partial charge in [-0.2, -0.15) is 0 Å². The first-order valence-electron chi connectivity index (χ1n) is 7.37. The molecule has 0 aliphatic carbocycles. The monoisotopic (exact) mass is 317 g/mol. The van der Waals surface area contributed by atoms with Gasteiger partial charge in [-0.25, -0.2) is 0 Å². The number of carbonyl (C=O) groups excluding carboxylic acids is 2. The van der Waals surface area contributed by atoms with Crippen molar-refractivity contribution in [1.82, 2.24) is 10.3 Å². The van der Waals surface area contributed by atoms with Crippen LogP contribution in [0.5, 0.6) is 0 Å².